The molecule has 0 aliphatic rings. The second kappa shape index (κ2) is 6.61. The fraction of sp³-hybridized carbons (Fsp3) is 0.500. The smallest absolute Gasteiger partial charge is 0.150 e. The highest BCUT2D eigenvalue weighted by molar-refractivity contribution is 8.01. The number of aryl methyl sites for hydroxylation is 1. The van der Waals surface area contributed by atoms with Crippen molar-refractivity contribution in [1.82, 2.24) is 4.98 Å². The molecule has 0 fully saturated rings. The van der Waals surface area contributed by atoms with Crippen molar-refractivity contribution in [2.75, 3.05) is 5.75 Å². The third-order valence-electron chi connectivity index (χ3n) is 1.93. The molecule has 0 aliphatic carbocycles. The molecule has 0 N–H and O–H groups in total. The standard InChI is InChI=1S/C10H13NO4S2/c1-6-7(5-9(14)15)17-10(11-6)16-4-2-3-8(12)13/h2-5H2,1H3,(H,12,13)(H,14,15)/p-2. The van der Waals surface area contributed by atoms with Crippen molar-refractivity contribution in [2.45, 2.75) is 30.5 Å². The molecule has 0 unspecified atom stereocenters. The first-order chi connectivity index (χ1) is 7.99. The molecule has 0 amide bonds. The van der Waals surface area contributed by atoms with E-state index >= 15 is 0 Å². The molecule has 94 valence electrons. The molecule has 1 aromatic rings. The van der Waals surface area contributed by atoms with Gasteiger partial charge in [-0.2, -0.15) is 0 Å². The lowest BCUT2D eigenvalue weighted by Crippen LogP contribution is -2.24. The van der Waals surface area contributed by atoms with Crippen LogP contribution >= 0.6 is 23.1 Å². The Morgan fingerprint density at radius 2 is 2.06 bits per heavy atom. The largest absolute Gasteiger partial charge is 0.550 e. The minimum atomic E-state index is -1.12. The average molecular weight is 273 g/mol. The third kappa shape index (κ3) is 5.18. The van der Waals surface area contributed by atoms with E-state index in [0.717, 1.165) is 4.34 Å². The van der Waals surface area contributed by atoms with E-state index in [-0.39, 0.29) is 12.8 Å². The Bertz CT molecular complexity index is 416. The Labute approximate surface area is 107 Å². The van der Waals surface area contributed by atoms with Gasteiger partial charge in [-0.25, -0.2) is 4.98 Å². The van der Waals surface area contributed by atoms with Gasteiger partial charge in [-0.05, 0) is 19.8 Å². The third-order valence-corrected chi connectivity index (χ3v) is 4.32. The molecule has 0 spiro atoms. The number of carboxylic acid groups (broad SMARTS) is 2. The Balaban J connectivity index is 2.44. The highest BCUT2D eigenvalue weighted by atomic mass is 32.2. The maximum atomic E-state index is 10.5. The van der Waals surface area contributed by atoms with Crippen LogP contribution in [0, 0.1) is 6.92 Å². The normalized spacial score (nSPS) is 10.4. The van der Waals surface area contributed by atoms with Crippen molar-refractivity contribution in [1.29, 1.82) is 0 Å². The van der Waals surface area contributed by atoms with Crippen LogP contribution in [0.15, 0.2) is 4.34 Å². The molecule has 0 saturated heterocycles. The number of aliphatic carboxylic acids is 2. The van der Waals surface area contributed by atoms with Gasteiger partial charge < -0.3 is 19.8 Å². The number of nitrogens with zero attached hydrogens (tertiary/aromatic N) is 1. The SMILES string of the molecule is Cc1nc(SCCCC(=O)[O-])sc1CC(=O)[O-]. The lowest BCUT2D eigenvalue weighted by Gasteiger charge is -1.99. The zero-order chi connectivity index (χ0) is 12.8. The van der Waals surface area contributed by atoms with Crippen molar-refractivity contribution in [3.8, 4) is 0 Å². The van der Waals surface area contributed by atoms with Crippen molar-refractivity contribution >= 4 is 35.0 Å². The van der Waals surface area contributed by atoms with E-state index in [0.29, 0.717) is 22.7 Å². The summed E-state index contributed by atoms with van der Waals surface area (Å²) in [6.45, 7) is 1.75. The molecule has 0 aromatic carbocycles. The predicted octanol–water partition coefficient (Wildman–Crippen LogP) is -0.634. The van der Waals surface area contributed by atoms with Crippen LogP contribution in [0.2, 0.25) is 0 Å². The van der Waals surface area contributed by atoms with Crippen LogP contribution in [-0.2, 0) is 16.0 Å². The highest BCUT2D eigenvalue weighted by Crippen LogP contribution is 2.28. The van der Waals surface area contributed by atoms with Gasteiger partial charge >= 0.3 is 0 Å². The number of carbonyl (C=O) groups excluding carboxylic acids is 2. The van der Waals surface area contributed by atoms with Gasteiger partial charge in [-0.15, -0.1) is 11.3 Å². The van der Waals surface area contributed by atoms with Gasteiger partial charge in [0.05, 0.1) is 5.69 Å². The first kappa shape index (κ1) is 14.0. The molecule has 0 radical (unpaired) electrons. The lowest BCUT2D eigenvalue weighted by molar-refractivity contribution is -0.306. The zero-order valence-electron chi connectivity index (χ0n) is 9.23. The molecule has 1 rings (SSSR count). The molecular formula is C10H11NO4S2-2. The second-order valence-electron chi connectivity index (χ2n) is 3.36. The number of rotatable bonds is 7. The molecule has 0 bridgehead atoms. The minimum Gasteiger partial charge on any atom is -0.550 e. The van der Waals surface area contributed by atoms with E-state index in [2.05, 4.69) is 4.98 Å². The van der Waals surface area contributed by atoms with Crippen LogP contribution in [-0.4, -0.2) is 22.7 Å². The summed E-state index contributed by atoms with van der Waals surface area (Å²) in [7, 11) is 0. The first-order valence-corrected chi connectivity index (χ1v) is 6.78. The van der Waals surface area contributed by atoms with Gasteiger partial charge in [0.15, 0.2) is 0 Å². The predicted molar refractivity (Wildman–Crippen MR) is 60.5 cm³/mol. The Hall–Kier alpha value is -1.08. The quantitative estimate of drug-likeness (QED) is 0.485. The van der Waals surface area contributed by atoms with Crippen LogP contribution in [0.25, 0.3) is 0 Å². The summed E-state index contributed by atoms with van der Waals surface area (Å²) in [4.78, 5) is 25.5. The van der Waals surface area contributed by atoms with Crippen molar-refractivity contribution < 1.29 is 19.8 Å². The fourth-order valence-corrected chi connectivity index (χ4v) is 3.36. The Morgan fingerprint density at radius 1 is 1.35 bits per heavy atom. The fourth-order valence-electron chi connectivity index (χ4n) is 1.13. The maximum Gasteiger partial charge on any atom is 0.150 e. The molecule has 0 atom stereocenters. The van der Waals surface area contributed by atoms with E-state index < -0.39 is 11.9 Å². The van der Waals surface area contributed by atoms with E-state index in [1.165, 1.54) is 23.1 Å². The van der Waals surface area contributed by atoms with Crippen LogP contribution < -0.4 is 10.2 Å². The maximum absolute atomic E-state index is 10.5. The van der Waals surface area contributed by atoms with Crippen LogP contribution in [0.1, 0.15) is 23.4 Å². The summed E-state index contributed by atoms with van der Waals surface area (Å²) in [6.07, 6.45) is 0.424. The van der Waals surface area contributed by atoms with E-state index in [4.69, 9.17) is 0 Å². The Kier molecular flexibility index (Phi) is 5.43. The molecule has 0 aliphatic heterocycles. The number of hydrogen-bond acceptors (Lipinski definition) is 7. The number of carbonyl (C=O) groups is 2. The van der Waals surface area contributed by atoms with Crippen molar-refractivity contribution in [3.05, 3.63) is 10.6 Å². The van der Waals surface area contributed by atoms with Gasteiger partial charge in [-0.1, -0.05) is 11.8 Å². The van der Waals surface area contributed by atoms with Crippen LogP contribution in [0.5, 0.6) is 0 Å². The number of hydrogen-bond donors (Lipinski definition) is 0. The number of carboxylic acids is 2. The molecule has 7 heteroatoms. The van der Waals surface area contributed by atoms with Crippen LogP contribution in [0.3, 0.4) is 0 Å². The summed E-state index contributed by atoms with van der Waals surface area (Å²) in [6, 6.07) is 0. The first-order valence-electron chi connectivity index (χ1n) is 4.98. The number of aromatic nitrogens is 1. The Morgan fingerprint density at radius 3 is 2.65 bits per heavy atom. The van der Waals surface area contributed by atoms with Gasteiger partial charge in [0.25, 0.3) is 0 Å². The lowest BCUT2D eigenvalue weighted by atomic mass is 10.3. The van der Waals surface area contributed by atoms with Crippen molar-refractivity contribution in [2.24, 2.45) is 0 Å². The van der Waals surface area contributed by atoms with Crippen LogP contribution in [0.4, 0.5) is 0 Å². The van der Waals surface area contributed by atoms with Gasteiger partial charge in [0, 0.05) is 29.0 Å². The highest BCUT2D eigenvalue weighted by Gasteiger charge is 2.08. The molecule has 1 heterocycles. The molecule has 0 saturated carbocycles. The summed E-state index contributed by atoms with van der Waals surface area (Å²) >= 11 is 2.74. The van der Waals surface area contributed by atoms with Gasteiger partial charge in [0.1, 0.15) is 4.34 Å². The zero-order valence-corrected chi connectivity index (χ0v) is 10.9. The molecule has 1 aromatic heterocycles. The summed E-state index contributed by atoms with van der Waals surface area (Å²) in [5, 5.41) is 20.6. The monoisotopic (exact) mass is 273 g/mol. The molecule has 5 nitrogen and oxygen atoms in total. The van der Waals surface area contributed by atoms with E-state index in [1.807, 2.05) is 0 Å². The van der Waals surface area contributed by atoms with Crippen molar-refractivity contribution in [3.63, 3.8) is 0 Å². The second-order valence-corrected chi connectivity index (χ2v) is 5.79. The summed E-state index contributed by atoms with van der Waals surface area (Å²) in [5.41, 5.74) is 0.696. The van der Waals surface area contributed by atoms with E-state index in [9.17, 15) is 19.8 Å². The van der Waals surface area contributed by atoms with E-state index in [1.54, 1.807) is 6.92 Å². The number of thioether (sulfide) groups is 1. The topological polar surface area (TPSA) is 93.2 Å². The number of thiazole rings is 1. The molecular weight excluding hydrogens is 262 g/mol. The molecule has 17 heavy (non-hydrogen) atoms. The van der Waals surface area contributed by atoms with Gasteiger partial charge in [-0.3, -0.25) is 0 Å². The van der Waals surface area contributed by atoms with Gasteiger partial charge in [0.2, 0.25) is 0 Å². The average Bonchev–Trinajstić information content (AvgIpc) is 2.53. The minimum absolute atomic E-state index is 0.0310. The summed E-state index contributed by atoms with van der Waals surface area (Å²) in [5.74, 6) is -1.55. The summed E-state index contributed by atoms with van der Waals surface area (Å²) < 4.78 is 0.761.